The third kappa shape index (κ3) is 29.0. The Hall–Kier alpha value is -1.10. The van der Waals surface area contributed by atoms with Crippen LogP contribution in [-0.4, -0.2) is 50.2 Å². The van der Waals surface area contributed by atoms with Crippen molar-refractivity contribution in [2.75, 3.05) is 27.2 Å². The summed E-state index contributed by atoms with van der Waals surface area (Å²) in [6, 6.07) is 0. The highest BCUT2D eigenvalue weighted by Gasteiger charge is 2.19. The topological polar surface area (TPSA) is 55.8 Å². The molecule has 0 rings (SSSR count). The Kier molecular flexibility index (Phi) is 30.5. The van der Waals surface area contributed by atoms with Crippen molar-refractivity contribution in [1.82, 2.24) is 4.90 Å². The van der Waals surface area contributed by atoms with Gasteiger partial charge in [-0.15, -0.1) is 0 Å². The van der Waals surface area contributed by atoms with Crippen LogP contribution in [0.1, 0.15) is 188 Å². The van der Waals surface area contributed by atoms with E-state index >= 15 is 0 Å². The van der Waals surface area contributed by atoms with Gasteiger partial charge in [-0.3, -0.25) is 9.59 Å². The van der Waals surface area contributed by atoms with E-state index in [4.69, 9.17) is 9.47 Å². The molecule has 0 aromatic carbocycles. The molecule has 1 unspecified atom stereocenters. The number of rotatable bonds is 32. The van der Waals surface area contributed by atoms with Crippen molar-refractivity contribution in [2.45, 2.75) is 194 Å². The molecule has 0 amide bonds. The van der Waals surface area contributed by atoms with Crippen LogP contribution in [0.2, 0.25) is 0 Å². The van der Waals surface area contributed by atoms with E-state index < -0.39 is 0 Å². The summed E-state index contributed by atoms with van der Waals surface area (Å²) in [5, 5.41) is 0. The van der Waals surface area contributed by atoms with Crippen LogP contribution in [0.25, 0.3) is 0 Å². The smallest absolute Gasteiger partial charge is 0.306 e. The summed E-state index contributed by atoms with van der Waals surface area (Å²) in [7, 11) is 4.16. The molecule has 250 valence electrons. The van der Waals surface area contributed by atoms with Gasteiger partial charge in [-0.05, 0) is 65.1 Å². The molecule has 0 aromatic heterocycles. The minimum atomic E-state index is -0.315. The molecule has 5 nitrogen and oxygen atoms in total. The van der Waals surface area contributed by atoms with Crippen molar-refractivity contribution in [2.24, 2.45) is 5.92 Å². The Bertz CT molecular complexity index is 584. The van der Waals surface area contributed by atoms with Gasteiger partial charge in [-0.2, -0.15) is 0 Å². The van der Waals surface area contributed by atoms with Gasteiger partial charge < -0.3 is 14.4 Å². The van der Waals surface area contributed by atoms with E-state index in [0.717, 1.165) is 57.9 Å². The summed E-state index contributed by atoms with van der Waals surface area (Å²) in [5.41, 5.74) is 0. The monoisotopic (exact) mass is 596 g/mol. The van der Waals surface area contributed by atoms with Crippen LogP contribution in [0.4, 0.5) is 0 Å². The Labute approximate surface area is 262 Å². The lowest BCUT2D eigenvalue weighted by Crippen LogP contribution is -2.26. The number of carbonyl (C=O) groups is 2. The molecule has 0 bridgehead atoms. The second kappa shape index (κ2) is 31.3. The fraction of sp³-hybridized carbons (Fsp3) is 0.946. The zero-order valence-electron chi connectivity index (χ0n) is 29.0. The van der Waals surface area contributed by atoms with Gasteiger partial charge in [0.2, 0.25) is 0 Å². The largest absolute Gasteiger partial charge is 0.462 e. The summed E-state index contributed by atoms with van der Waals surface area (Å²) < 4.78 is 11.6. The number of esters is 2. The van der Waals surface area contributed by atoms with E-state index in [2.05, 4.69) is 39.8 Å². The van der Waals surface area contributed by atoms with E-state index in [-0.39, 0.29) is 24.6 Å². The lowest BCUT2D eigenvalue weighted by atomic mass is 9.92. The quantitative estimate of drug-likeness (QED) is 0.0572. The summed E-state index contributed by atoms with van der Waals surface area (Å²) in [5.74, 6) is 0.152. The van der Waals surface area contributed by atoms with Crippen LogP contribution in [0.5, 0.6) is 0 Å². The van der Waals surface area contributed by atoms with Gasteiger partial charge >= 0.3 is 11.9 Å². The molecular weight excluding hydrogens is 522 g/mol. The zero-order chi connectivity index (χ0) is 31.1. The van der Waals surface area contributed by atoms with Crippen molar-refractivity contribution in [3.05, 3.63) is 0 Å². The molecule has 1 atom stereocenters. The highest BCUT2D eigenvalue weighted by atomic mass is 16.6. The maximum Gasteiger partial charge on any atom is 0.306 e. The van der Waals surface area contributed by atoms with Gasteiger partial charge in [-0.25, -0.2) is 0 Å². The van der Waals surface area contributed by atoms with Gasteiger partial charge in [0.25, 0.3) is 0 Å². The molecule has 0 N–H and O–H groups in total. The maximum atomic E-state index is 12.8. The average Bonchev–Trinajstić information content (AvgIpc) is 2.96. The summed E-state index contributed by atoms with van der Waals surface area (Å²) in [6.07, 6.45) is 29.5. The van der Waals surface area contributed by atoms with Crippen LogP contribution < -0.4 is 0 Å². The second-order valence-electron chi connectivity index (χ2n) is 13.1. The molecule has 0 aliphatic rings. The average molecular weight is 596 g/mol. The molecule has 0 saturated heterocycles. The van der Waals surface area contributed by atoms with Crippen molar-refractivity contribution >= 4 is 11.9 Å². The number of nitrogens with zero attached hydrogens (tertiary/aromatic N) is 1. The maximum absolute atomic E-state index is 12.8. The normalized spacial score (nSPS) is 12.3. The summed E-state index contributed by atoms with van der Waals surface area (Å²) in [4.78, 5) is 27.6. The molecule has 0 aliphatic heterocycles. The first kappa shape index (κ1) is 40.9. The molecule has 0 fully saturated rings. The number of ether oxygens (including phenoxy) is 2. The van der Waals surface area contributed by atoms with Gasteiger partial charge in [-0.1, -0.05) is 136 Å². The number of hydrogen-bond donors (Lipinski definition) is 0. The first-order valence-corrected chi connectivity index (χ1v) is 18.4. The van der Waals surface area contributed by atoms with Crippen molar-refractivity contribution < 1.29 is 19.1 Å². The summed E-state index contributed by atoms with van der Waals surface area (Å²) >= 11 is 0. The minimum absolute atomic E-state index is 0.118. The predicted octanol–water partition coefficient (Wildman–Crippen LogP) is 10.8. The summed E-state index contributed by atoms with van der Waals surface area (Å²) in [6.45, 7) is 7.97. The van der Waals surface area contributed by atoms with Crippen LogP contribution in [-0.2, 0) is 19.1 Å². The van der Waals surface area contributed by atoms with Gasteiger partial charge in [0, 0.05) is 12.8 Å². The van der Waals surface area contributed by atoms with E-state index in [1.54, 1.807) is 0 Å². The third-order valence-electron chi connectivity index (χ3n) is 8.48. The van der Waals surface area contributed by atoms with E-state index in [0.29, 0.717) is 18.8 Å². The number of hydrogen-bond acceptors (Lipinski definition) is 5. The van der Waals surface area contributed by atoms with Crippen molar-refractivity contribution in [3.63, 3.8) is 0 Å². The molecule has 0 radical (unpaired) electrons. The zero-order valence-corrected chi connectivity index (χ0v) is 29.0. The van der Waals surface area contributed by atoms with Crippen LogP contribution in [0.15, 0.2) is 0 Å². The van der Waals surface area contributed by atoms with Gasteiger partial charge in [0.1, 0.15) is 12.7 Å². The highest BCUT2D eigenvalue weighted by Crippen LogP contribution is 2.22. The van der Waals surface area contributed by atoms with Crippen LogP contribution in [0.3, 0.4) is 0 Å². The first-order chi connectivity index (χ1) is 20.4. The number of unbranched alkanes of at least 4 members (excludes halogenated alkanes) is 17. The Morgan fingerprint density at radius 2 is 1.00 bits per heavy atom. The predicted molar refractivity (Wildman–Crippen MR) is 180 cm³/mol. The molecule has 0 aliphatic carbocycles. The molecule has 0 heterocycles. The molecule has 42 heavy (non-hydrogen) atoms. The molecule has 0 spiro atoms. The lowest BCUT2D eigenvalue weighted by Gasteiger charge is -2.20. The lowest BCUT2D eigenvalue weighted by molar-refractivity contribution is -0.160. The van der Waals surface area contributed by atoms with E-state index in [1.807, 2.05) is 0 Å². The Morgan fingerprint density at radius 3 is 1.52 bits per heavy atom. The second-order valence-corrected chi connectivity index (χ2v) is 13.1. The molecule has 5 heteroatoms. The molecule has 0 aromatic rings. The molecular formula is C37H73NO4. The molecule has 0 saturated carbocycles. The Balaban J connectivity index is 4.54. The number of carbonyl (C=O) groups excluding carboxylic acids is 2. The van der Waals surface area contributed by atoms with E-state index in [1.165, 1.54) is 103 Å². The first-order valence-electron chi connectivity index (χ1n) is 18.4. The van der Waals surface area contributed by atoms with Gasteiger partial charge in [0.15, 0.2) is 0 Å². The van der Waals surface area contributed by atoms with Crippen molar-refractivity contribution in [3.8, 4) is 0 Å². The van der Waals surface area contributed by atoms with E-state index in [9.17, 15) is 9.59 Å². The minimum Gasteiger partial charge on any atom is -0.462 e. The Morgan fingerprint density at radius 1 is 0.548 bits per heavy atom. The SMILES string of the molecule is CCCCCCCCCCCCCCC(COC(=O)CC(CCCCC)CCCCC)OC(=O)CCCCCN(C)C. The van der Waals surface area contributed by atoms with Gasteiger partial charge in [0.05, 0.1) is 0 Å². The van der Waals surface area contributed by atoms with Crippen molar-refractivity contribution in [1.29, 1.82) is 0 Å². The van der Waals surface area contributed by atoms with Crippen LogP contribution >= 0.6 is 0 Å². The fourth-order valence-corrected chi connectivity index (χ4v) is 5.70. The standard InChI is InChI=1S/C37H73NO4/c1-6-9-12-13-14-15-16-17-18-19-20-24-29-35(42-36(39)30-25-21-26-31-38(4)5)33-41-37(40)32-34(27-22-10-7-2)28-23-11-8-3/h34-35H,6-33H2,1-5H3. The third-order valence-corrected chi connectivity index (χ3v) is 8.48. The highest BCUT2D eigenvalue weighted by molar-refractivity contribution is 5.70. The fourth-order valence-electron chi connectivity index (χ4n) is 5.70. The van der Waals surface area contributed by atoms with Crippen LogP contribution in [0, 0.1) is 5.92 Å².